The second kappa shape index (κ2) is 8.46. The molecule has 1 N–H and O–H groups in total. The molecule has 0 aromatic carbocycles. The Morgan fingerprint density at radius 3 is 1.52 bits per heavy atom. The van der Waals surface area contributed by atoms with Crippen molar-refractivity contribution in [3.8, 4) is 11.5 Å². The van der Waals surface area contributed by atoms with E-state index in [1.54, 1.807) is 0 Å². The Morgan fingerprint density at radius 1 is 0.815 bits per heavy atom. The highest BCUT2D eigenvalue weighted by Crippen LogP contribution is 2.45. The zero-order valence-corrected chi connectivity index (χ0v) is 22.7. The van der Waals surface area contributed by atoms with Gasteiger partial charge in [-0.15, -0.1) is 17.2 Å². The van der Waals surface area contributed by atoms with E-state index in [9.17, 15) is 5.11 Å². The average Bonchev–Trinajstić information content (AvgIpc) is 2.32. The van der Waals surface area contributed by atoms with Crippen molar-refractivity contribution in [2.75, 3.05) is 0 Å². The Bertz CT molecular complexity index is 610. The van der Waals surface area contributed by atoms with Crippen LogP contribution in [0.2, 0.25) is 43.3 Å². The first-order chi connectivity index (χ1) is 11.6. The van der Waals surface area contributed by atoms with Crippen LogP contribution in [0.3, 0.4) is 0 Å². The van der Waals surface area contributed by atoms with Crippen LogP contribution in [0.25, 0.3) is 0 Å². The molecular weight excluding hydrogens is 360 g/mol. The number of aliphatic hydroxyl groups excluding tert-OH is 1. The van der Waals surface area contributed by atoms with Crippen LogP contribution in [0.15, 0.2) is 17.4 Å². The molecular formula is C24H46OSi2. The summed E-state index contributed by atoms with van der Waals surface area (Å²) >= 11 is 0. The smallest absolute Gasteiger partial charge is 0.129 e. The van der Waals surface area contributed by atoms with Gasteiger partial charge in [0.2, 0.25) is 0 Å². The topological polar surface area (TPSA) is 20.2 Å². The van der Waals surface area contributed by atoms with E-state index < -0.39 is 22.3 Å². The van der Waals surface area contributed by atoms with Crippen molar-refractivity contribution < 1.29 is 5.11 Å². The van der Waals surface area contributed by atoms with Crippen LogP contribution < -0.4 is 0 Å². The van der Waals surface area contributed by atoms with Crippen LogP contribution in [0.5, 0.6) is 0 Å². The van der Waals surface area contributed by atoms with Gasteiger partial charge in [-0.3, -0.25) is 0 Å². The Morgan fingerprint density at radius 2 is 1.22 bits per heavy atom. The van der Waals surface area contributed by atoms with Crippen molar-refractivity contribution in [1.29, 1.82) is 0 Å². The third-order valence-electron chi connectivity index (χ3n) is 5.55. The van der Waals surface area contributed by atoms with Crippen molar-refractivity contribution >= 4 is 16.1 Å². The molecule has 0 heterocycles. The molecule has 0 saturated carbocycles. The van der Waals surface area contributed by atoms with Crippen LogP contribution in [0, 0.1) is 22.3 Å². The summed E-state index contributed by atoms with van der Waals surface area (Å²) in [6, 6.07) is 0. The zero-order chi connectivity index (χ0) is 22.1. The Kier molecular flexibility index (Phi) is 8.29. The maximum absolute atomic E-state index is 11.2. The van der Waals surface area contributed by atoms with Gasteiger partial charge in [0.15, 0.2) is 0 Å². The quantitative estimate of drug-likeness (QED) is 0.296. The van der Waals surface area contributed by atoms with Gasteiger partial charge < -0.3 is 5.11 Å². The monoisotopic (exact) mass is 406 g/mol. The number of aliphatic hydroxyl groups is 1. The predicted molar refractivity (Wildman–Crippen MR) is 129 cm³/mol. The molecule has 1 nitrogen and oxygen atoms in total. The van der Waals surface area contributed by atoms with Crippen molar-refractivity contribution in [2.45, 2.75) is 112 Å². The van der Waals surface area contributed by atoms with Gasteiger partial charge in [-0.25, -0.2) is 0 Å². The molecule has 3 heteroatoms. The maximum atomic E-state index is 11.2. The standard InChI is InChI=1S/C24H46OSi2/c1-22(2,3)21(23(4,5)6)16-15-19(25)20(17-18-26(10,11)12)27(13,14)24(7,8)9/h15,19-20,25H,1-14H3/t19-,20+/m1/s1. The molecule has 0 aromatic heterocycles. The molecule has 0 radical (unpaired) electrons. The Hall–Kier alpha value is -0.526. The van der Waals surface area contributed by atoms with Gasteiger partial charge in [-0.1, -0.05) is 95.0 Å². The van der Waals surface area contributed by atoms with E-state index in [1.807, 2.05) is 6.08 Å². The van der Waals surface area contributed by atoms with E-state index in [0.29, 0.717) is 0 Å². The molecule has 0 amide bonds. The molecule has 0 fully saturated rings. The lowest BCUT2D eigenvalue weighted by molar-refractivity contribution is 0.225. The summed E-state index contributed by atoms with van der Waals surface area (Å²) in [7, 11) is -3.34. The fourth-order valence-corrected chi connectivity index (χ4v) is 6.33. The first-order valence-electron chi connectivity index (χ1n) is 10.3. The van der Waals surface area contributed by atoms with Crippen molar-refractivity contribution in [3.05, 3.63) is 17.4 Å². The number of rotatable bonds is 3. The SMILES string of the molecule is CC(C)(C)C(=C=C[C@@H](O)[C@H](C#C[Si](C)(C)C)[Si](C)(C)C(C)(C)C)C(C)(C)C. The summed E-state index contributed by atoms with van der Waals surface area (Å²) in [6.07, 6.45) is 1.32. The molecule has 0 spiro atoms. The first-order valence-corrected chi connectivity index (χ1v) is 16.9. The van der Waals surface area contributed by atoms with Gasteiger partial charge in [0.05, 0.1) is 14.2 Å². The molecule has 0 aromatic rings. The molecule has 0 aliphatic rings. The summed E-state index contributed by atoms with van der Waals surface area (Å²) < 4.78 is 0. The lowest BCUT2D eigenvalue weighted by atomic mass is 9.72. The zero-order valence-electron chi connectivity index (χ0n) is 20.7. The highest BCUT2D eigenvalue weighted by Gasteiger charge is 2.44. The van der Waals surface area contributed by atoms with Gasteiger partial charge in [-0.05, 0) is 27.5 Å². The number of hydrogen-bond acceptors (Lipinski definition) is 1. The van der Waals surface area contributed by atoms with Crippen LogP contribution >= 0.6 is 0 Å². The molecule has 0 aliphatic carbocycles. The summed E-state index contributed by atoms with van der Waals surface area (Å²) in [5.41, 5.74) is 8.33. The normalized spacial score (nSPS) is 16.0. The van der Waals surface area contributed by atoms with Gasteiger partial charge in [0, 0.05) is 5.54 Å². The second-order valence-corrected chi connectivity index (χ2v) is 23.0. The van der Waals surface area contributed by atoms with Gasteiger partial charge in [0.25, 0.3) is 0 Å². The minimum Gasteiger partial charge on any atom is -0.387 e. The van der Waals surface area contributed by atoms with E-state index in [4.69, 9.17) is 0 Å². The minimum absolute atomic E-state index is 0.0120. The molecule has 0 bridgehead atoms. The van der Waals surface area contributed by atoms with Crippen molar-refractivity contribution in [1.82, 2.24) is 0 Å². The third-order valence-corrected chi connectivity index (χ3v) is 12.4. The molecule has 156 valence electrons. The lowest BCUT2D eigenvalue weighted by Gasteiger charge is -2.42. The summed E-state index contributed by atoms with van der Waals surface area (Å²) in [5.74, 6) is 3.55. The largest absolute Gasteiger partial charge is 0.387 e. The minimum atomic E-state index is -1.84. The summed E-state index contributed by atoms with van der Waals surface area (Å²) in [4.78, 5) is 0. The van der Waals surface area contributed by atoms with Crippen molar-refractivity contribution in [3.63, 3.8) is 0 Å². The van der Waals surface area contributed by atoms with Crippen LogP contribution in [-0.4, -0.2) is 27.4 Å². The van der Waals surface area contributed by atoms with Crippen LogP contribution in [0.1, 0.15) is 62.3 Å². The molecule has 27 heavy (non-hydrogen) atoms. The highest BCUT2D eigenvalue weighted by atomic mass is 28.3. The third kappa shape index (κ3) is 8.16. The van der Waals surface area contributed by atoms with E-state index in [-0.39, 0.29) is 21.4 Å². The van der Waals surface area contributed by atoms with Crippen molar-refractivity contribution in [2.24, 2.45) is 10.8 Å². The van der Waals surface area contributed by atoms with E-state index in [2.05, 4.69) is 112 Å². The van der Waals surface area contributed by atoms with Gasteiger partial charge in [0.1, 0.15) is 8.07 Å². The lowest BCUT2D eigenvalue weighted by Crippen LogP contribution is -2.46. The predicted octanol–water partition coefficient (Wildman–Crippen LogP) is 7.28. The van der Waals surface area contributed by atoms with E-state index >= 15 is 0 Å². The van der Waals surface area contributed by atoms with Crippen LogP contribution in [0.4, 0.5) is 0 Å². The Balaban J connectivity index is 6.38. The highest BCUT2D eigenvalue weighted by molar-refractivity contribution is 6.85. The first kappa shape index (κ1) is 26.5. The number of hydrogen-bond donors (Lipinski definition) is 1. The van der Waals surface area contributed by atoms with Gasteiger partial charge in [-0.2, -0.15) is 0 Å². The summed E-state index contributed by atoms with van der Waals surface area (Å²) in [5, 5.41) is 11.4. The van der Waals surface area contributed by atoms with Gasteiger partial charge >= 0.3 is 0 Å². The summed E-state index contributed by atoms with van der Waals surface area (Å²) in [6.45, 7) is 31.7. The fourth-order valence-electron chi connectivity index (χ4n) is 3.28. The maximum Gasteiger partial charge on any atom is 0.129 e. The average molecular weight is 407 g/mol. The van der Waals surface area contributed by atoms with E-state index in [0.717, 1.165) is 0 Å². The molecule has 0 unspecified atom stereocenters. The molecule has 0 saturated heterocycles. The fraction of sp³-hybridized carbons (Fsp3) is 0.792. The molecule has 2 atom stereocenters. The second-order valence-electron chi connectivity index (χ2n) is 12.6. The van der Waals surface area contributed by atoms with E-state index in [1.165, 1.54) is 5.57 Å². The Labute approximate surface area is 172 Å². The molecule has 0 rings (SSSR count). The molecule has 0 aliphatic heterocycles. The van der Waals surface area contributed by atoms with Crippen LogP contribution in [-0.2, 0) is 0 Å².